The van der Waals surface area contributed by atoms with Crippen LogP contribution in [0.25, 0.3) is 11.5 Å². The van der Waals surface area contributed by atoms with E-state index in [-0.39, 0.29) is 5.37 Å². The van der Waals surface area contributed by atoms with Crippen LogP contribution in [0.1, 0.15) is 23.6 Å². The number of nitrogens with one attached hydrogen (secondary N) is 1. The van der Waals surface area contributed by atoms with Crippen molar-refractivity contribution >= 4 is 34.5 Å². The Bertz CT molecular complexity index is 664. The van der Waals surface area contributed by atoms with Gasteiger partial charge < -0.3 is 9.73 Å². The fourth-order valence-corrected chi connectivity index (χ4v) is 3.36. The number of thioether (sulfide) groups is 2. The van der Waals surface area contributed by atoms with Gasteiger partial charge in [-0.15, -0.1) is 11.8 Å². The number of aromatic nitrogens is 1. The van der Waals surface area contributed by atoms with E-state index >= 15 is 0 Å². The molecule has 3 rings (SSSR count). The zero-order valence-corrected chi connectivity index (χ0v) is 13.8. The van der Waals surface area contributed by atoms with E-state index < -0.39 is 0 Å². The molecule has 110 valence electrons. The zero-order valence-electron chi connectivity index (χ0n) is 12.2. The van der Waals surface area contributed by atoms with Crippen LogP contribution in [0, 0.1) is 6.92 Å². The maximum absolute atomic E-state index is 5.98. The highest BCUT2D eigenvalue weighted by Crippen LogP contribution is 2.40. The van der Waals surface area contributed by atoms with Crippen molar-refractivity contribution in [2.45, 2.75) is 19.2 Å². The average Bonchev–Trinajstić information content (AvgIpc) is 2.92. The molecule has 2 aromatic rings. The van der Waals surface area contributed by atoms with Crippen molar-refractivity contribution in [2.24, 2.45) is 4.99 Å². The first-order valence-corrected chi connectivity index (χ1v) is 9.06. The lowest BCUT2D eigenvalue weighted by atomic mass is 10.1. The second-order valence-corrected chi connectivity index (χ2v) is 6.82. The van der Waals surface area contributed by atoms with Gasteiger partial charge in [0.15, 0.2) is 22.1 Å². The molecule has 1 atom stereocenters. The number of oxazole rings is 1. The molecule has 0 fully saturated rings. The number of amidine groups is 1. The van der Waals surface area contributed by atoms with Gasteiger partial charge in [0.25, 0.3) is 0 Å². The lowest BCUT2D eigenvalue weighted by Gasteiger charge is -2.17. The second kappa shape index (κ2) is 6.15. The Balaban J connectivity index is 1.97. The molecule has 0 saturated carbocycles. The monoisotopic (exact) mass is 319 g/mol. The average molecular weight is 319 g/mol. The summed E-state index contributed by atoms with van der Waals surface area (Å²) in [5.41, 5.74) is 2.21. The maximum atomic E-state index is 5.98. The Kier molecular flexibility index (Phi) is 4.26. The maximum Gasteiger partial charge on any atom is 0.228 e. The summed E-state index contributed by atoms with van der Waals surface area (Å²) in [6.45, 7) is 4.19. The molecule has 1 aliphatic rings. The third-order valence-corrected chi connectivity index (χ3v) is 4.72. The Labute approximate surface area is 132 Å². The number of aliphatic imine (C=N–C) groups is 1. The Morgan fingerprint density at radius 3 is 2.71 bits per heavy atom. The zero-order chi connectivity index (χ0) is 14.8. The predicted molar refractivity (Wildman–Crippen MR) is 92.1 cm³/mol. The van der Waals surface area contributed by atoms with Gasteiger partial charge in [-0.05, 0) is 31.1 Å². The summed E-state index contributed by atoms with van der Waals surface area (Å²) in [6.07, 6.45) is 2.01. The first kappa shape index (κ1) is 14.5. The minimum Gasteiger partial charge on any atom is -0.436 e. The van der Waals surface area contributed by atoms with Gasteiger partial charge in [0.05, 0.1) is 0 Å². The summed E-state index contributed by atoms with van der Waals surface area (Å²) < 4.78 is 5.98. The molecule has 0 aliphatic carbocycles. The number of rotatable bonds is 3. The normalized spacial score (nSPS) is 17.1. The largest absolute Gasteiger partial charge is 0.436 e. The first-order chi connectivity index (χ1) is 10.2. The highest BCUT2D eigenvalue weighted by Gasteiger charge is 2.27. The fourth-order valence-electron chi connectivity index (χ4n) is 2.08. The van der Waals surface area contributed by atoms with E-state index in [2.05, 4.69) is 41.3 Å². The third kappa shape index (κ3) is 2.96. The number of fused-ring (bicyclic) bond motifs is 1. The summed E-state index contributed by atoms with van der Waals surface area (Å²) in [5, 5.41) is 4.10. The minimum absolute atomic E-state index is 0.0135. The molecule has 1 aromatic carbocycles. The highest BCUT2D eigenvalue weighted by molar-refractivity contribution is 8.13. The van der Waals surface area contributed by atoms with E-state index in [1.165, 1.54) is 5.56 Å². The summed E-state index contributed by atoms with van der Waals surface area (Å²) >= 11 is 3.34. The molecule has 6 heteroatoms. The first-order valence-electron chi connectivity index (χ1n) is 6.79. The fraction of sp³-hybridized carbons (Fsp3) is 0.333. The Hall–Kier alpha value is -1.40. The number of hydrogen-bond donors (Lipinski definition) is 1. The second-order valence-electron chi connectivity index (χ2n) is 4.67. The molecular weight excluding hydrogens is 302 g/mol. The van der Waals surface area contributed by atoms with Crippen molar-refractivity contribution in [3.8, 4) is 11.5 Å². The van der Waals surface area contributed by atoms with E-state index in [0.29, 0.717) is 5.89 Å². The van der Waals surface area contributed by atoms with E-state index in [4.69, 9.17) is 4.42 Å². The number of nitrogens with zero attached hydrogens (tertiary/aromatic N) is 2. The van der Waals surface area contributed by atoms with Crippen LogP contribution in [-0.4, -0.2) is 22.2 Å². The van der Waals surface area contributed by atoms with Gasteiger partial charge in [-0.1, -0.05) is 36.4 Å². The van der Waals surface area contributed by atoms with Crippen LogP contribution in [0.4, 0.5) is 5.82 Å². The molecule has 0 radical (unpaired) electrons. The Morgan fingerprint density at radius 1 is 1.29 bits per heavy atom. The van der Waals surface area contributed by atoms with Crippen LogP contribution < -0.4 is 5.32 Å². The van der Waals surface area contributed by atoms with Gasteiger partial charge >= 0.3 is 0 Å². The molecule has 0 bridgehead atoms. The molecule has 0 spiro atoms. The standard InChI is InChI=1S/C15H17N3OS2/c1-4-21-14-11-12(17-15(18-14)20-3)16-13(19-11)10-7-5-9(2)6-8-10/h5-8,14H,4H2,1-3H3,(H,17,18)/t14-/m1/s1. The van der Waals surface area contributed by atoms with Crippen molar-refractivity contribution in [1.29, 1.82) is 0 Å². The van der Waals surface area contributed by atoms with Crippen molar-refractivity contribution in [3.05, 3.63) is 35.6 Å². The van der Waals surface area contributed by atoms with Crippen LogP contribution in [0.15, 0.2) is 33.7 Å². The molecule has 2 heterocycles. The highest BCUT2D eigenvalue weighted by atomic mass is 32.2. The topological polar surface area (TPSA) is 50.4 Å². The van der Waals surface area contributed by atoms with Crippen molar-refractivity contribution < 1.29 is 4.42 Å². The summed E-state index contributed by atoms with van der Waals surface area (Å²) in [4.78, 5) is 9.25. The Morgan fingerprint density at radius 2 is 2.05 bits per heavy atom. The van der Waals surface area contributed by atoms with Crippen molar-refractivity contribution in [1.82, 2.24) is 4.98 Å². The van der Waals surface area contributed by atoms with E-state index in [1.54, 1.807) is 23.5 Å². The molecule has 0 unspecified atom stereocenters. The smallest absolute Gasteiger partial charge is 0.228 e. The lowest BCUT2D eigenvalue weighted by Crippen LogP contribution is -2.15. The molecule has 1 aromatic heterocycles. The van der Waals surface area contributed by atoms with E-state index in [9.17, 15) is 0 Å². The van der Waals surface area contributed by atoms with Gasteiger partial charge in [-0.2, -0.15) is 4.98 Å². The van der Waals surface area contributed by atoms with Crippen LogP contribution in [0.2, 0.25) is 0 Å². The van der Waals surface area contributed by atoms with Crippen LogP contribution in [-0.2, 0) is 0 Å². The summed E-state index contributed by atoms with van der Waals surface area (Å²) in [7, 11) is 0. The van der Waals surface area contributed by atoms with Crippen LogP contribution in [0.3, 0.4) is 0 Å². The molecular formula is C15H17N3OS2. The van der Waals surface area contributed by atoms with Crippen molar-refractivity contribution in [3.63, 3.8) is 0 Å². The molecule has 0 amide bonds. The van der Waals surface area contributed by atoms with Gasteiger partial charge in [-0.3, -0.25) is 0 Å². The molecule has 1 N–H and O–H groups in total. The van der Waals surface area contributed by atoms with Crippen LogP contribution >= 0.6 is 23.5 Å². The van der Waals surface area contributed by atoms with Gasteiger partial charge in [0.1, 0.15) is 0 Å². The van der Waals surface area contributed by atoms with Gasteiger partial charge in [0.2, 0.25) is 5.89 Å². The quantitative estimate of drug-likeness (QED) is 0.899. The summed E-state index contributed by atoms with van der Waals surface area (Å²) in [6, 6.07) is 8.19. The molecule has 21 heavy (non-hydrogen) atoms. The predicted octanol–water partition coefficient (Wildman–Crippen LogP) is 4.55. The van der Waals surface area contributed by atoms with Gasteiger partial charge in [0, 0.05) is 5.56 Å². The van der Waals surface area contributed by atoms with E-state index in [0.717, 1.165) is 28.1 Å². The summed E-state index contributed by atoms with van der Waals surface area (Å²) in [5.74, 6) is 3.23. The molecule has 4 nitrogen and oxygen atoms in total. The third-order valence-electron chi connectivity index (χ3n) is 3.15. The number of anilines is 1. The number of benzene rings is 1. The number of aryl methyl sites for hydroxylation is 1. The number of hydrogen-bond acceptors (Lipinski definition) is 6. The SMILES string of the molecule is CCS[C@H]1N=C(SC)Nc2nc(-c3ccc(C)cc3)oc21. The van der Waals surface area contributed by atoms with Crippen molar-refractivity contribution in [2.75, 3.05) is 17.3 Å². The molecule has 1 aliphatic heterocycles. The molecule has 0 saturated heterocycles. The van der Waals surface area contributed by atoms with Crippen LogP contribution in [0.5, 0.6) is 0 Å². The lowest BCUT2D eigenvalue weighted by molar-refractivity contribution is 0.518. The van der Waals surface area contributed by atoms with E-state index in [1.807, 2.05) is 18.4 Å². The van der Waals surface area contributed by atoms with Gasteiger partial charge in [-0.25, -0.2) is 4.99 Å². The minimum atomic E-state index is -0.0135.